The van der Waals surface area contributed by atoms with Crippen molar-refractivity contribution in [2.45, 2.75) is 13.3 Å². The smallest absolute Gasteiger partial charge is 0.497 e. The summed E-state index contributed by atoms with van der Waals surface area (Å²) in [6.45, 7) is 1.94. The number of anilines is 1. The van der Waals surface area contributed by atoms with E-state index in [9.17, 15) is 13.2 Å². The molecule has 0 spiro atoms. The Morgan fingerprint density at radius 3 is 2.32 bits per heavy atom. The van der Waals surface area contributed by atoms with E-state index in [4.69, 9.17) is 22.4 Å². The Bertz CT molecular complexity index is 1290. The number of hydrogen-bond donors (Lipinski definition) is 4. The van der Waals surface area contributed by atoms with E-state index < -0.39 is 6.36 Å². The Balaban J connectivity index is 1.47. The summed E-state index contributed by atoms with van der Waals surface area (Å²) < 4.78 is 45.7. The molecule has 0 amide bonds. The summed E-state index contributed by atoms with van der Waals surface area (Å²) in [6.07, 6.45) is -1.65. The number of amidine groups is 1. The quantitative estimate of drug-likeness (QED) is 0.118. The molecular formula is C25H25F3N6O2S+2. The van der Waals surface area contributed by atoms with Crippen LogP contribution in [0.2, 0.25) is 0 Å². The largest absolute Gasteiger partial charge is 0.573 e. The molecule has 0 bridgehead atoms. The average molecular weight is 531 g/mol. The molecule has 0 saturated heterocycles. The van der Waals surface area contributed by atoms with Crippen molar-refractivity contribution in [1.82, 2.24) is 5.43 Å². The van der Waals surface area contributed by atoms with Crippen LogP contribution in [0, 0.1) is 6.92 Å². The van der Waals surface area contributed by atoms with Crippen molar-refractivity contribution in [3.8, 4) is 11.5 Å². The normalized spacial score (nSPS) is 11.5. The molecule has 3 rings (SSSR count). The van der Waals surface area contributed by atoms with Gasteiger partial charge in [0.25, 0.3) is 0 Å². The fraction of sp³-hybridized carbons (Fsp3) is 0.120. The maximum Gasteiger partial charge on any atom is 0.573 e. The predicted molar refractivity (Wildman–Crippen MR) is 140 cm³/mol. The second-order valence-corrected chi connectivity index (χ2v) is 7.98. The van der Waals surface area contributed by atoms with Crippen molar-refractivity contribution in [2.75, 3.05) is 12.4 Å². The number of nitrogens with two attached hydrogens (primary N) is 2. The number of quaternary nitrogens is 1. The van der Waals surface area contributed by atoms with Gasteiger partial charge in [0, 0.05) is 22.8 Å². The lowest BCUT2D eigenvalue weighted by Gasteiger charge is -2.11. The zero-order chi connectivity index (χ0) is 26.8. The highest BCUT2D eigenvalue weighted by Crippen LogP contribution is 2.23. The number of alkyl halides is 3. The van der Waals surface area contributed by atoms with Gasteiger partial charge in [-0.15, -0.1) is 13.2 Å². The Hall–Kier alpha value is -4.29. The van der Waals surface area contributed by atoms with Crippen LogP contribution in [0.15, 0.2) is 76.8 Å². The third-order valence-electron chi connectivity index (χ3n) is 4.86. The molecule has 0 unspecified atom stereocenters. The van der Waals surface area contributed by atoms with Crippen LogP contribution in [0.4, 0.5) is 24.5 Å². The van der Waals surface area contributed by atoms with Crippen LogP contribution in [-0.4, -0.2) is 37.0 Å². The second kappa shape index (κ2) is 12.6. The van der Waals surface area contributed by atoms with Gasteiger partial charge < -0.3 is 14.8 Å². The Kier molecular flexibility index (Phi) is 9.30. The molecule has 37 heavy (non-hydrogen) atoms. The van der Waals surface area contributed by atoms with E-state index in [-0.39, 0.29) is 11.6 Å². The Morgan fingerprint density at radius 1 is 1.03 bits per heavy atom. The molecule has 0 atom stereocenters. The summed E-state index contributed by atoms with van der Waals surface area (Å²) in [4.78, 5) is 4.17. The minimum atomic E-state index is -4.73. The Labute approximate surface area is 216 Å². The number of hydrogen-bond acceptors (Lipinski definition) is 4. The summed E-state index contributed by atoms with van der Waals surface area (Å²) in [7, 11) is 1.61. The van der Waals surface area contributed by atoms with Crippen molar-refractivity contribution < 1.29 is 33.4 Å². The number of ether oxygens (including phenoxy) is 2. The molecule has 0 aliphatic carbocycles. The van der Waals surface area contributed by atoms with Crippen LogP contribution in [0.25, 0.3) is 0 Å². The fourth-order valence-corrected chi connectivity index (χ4v) is 3.18. The zero-order valence-electron chi connectivity index (χ0n) is 19.9. The van der Waals surface area contributed by atoms with Crippen LogP contribution in [0.5, 0.6) is 11.5 Å². The van der Waals surface area contributed by atoms with Crippen LogP contribution in [0.3, 0.4) is 0 Å². The van der Waals surface area contributed by atoms with Crippen molar-refractivity contribution in [1.29, 1.82) is 0 Å². The molecule has 0 aliphatic rings. The summed E-state index contributed by atoms with van der Waals surface area (Å²) in [6, 6.07) is 18.2. The van der Waals surface area contributed by atoms with Crippen molar-refractivity contribution in [3.63, 3.8) is 0 Å². The van der Waals surface area contributed by atoms with Crippen LogP contribution in [-0.2, 0) is 0 Å². The van der Waals surface area contributed by atoms with E-state index in [1.165, 1.54) is 30.6 Å². The van der Waals surface area contributed by atoms with E-state index in [0.717, 1.165) is 22.6 Å². The Morgan fingerprint density at radius 2 is 1.70 bits per heavy atom. The van der Waals surface area contributed by atoms with E-state index in [0.29, 0.717) is 16.4 Å². The van der Waals surface area contributed by atoms with Gasteiger partial charge in [-0.1, -0.05) is 12.1 Å². The van der Waals surface area contributed by atoms with E-state index in [1.54, 1.807) is 30.8 Å². The molecule has 6 N–H and O–H groups in total. The lowest BCUT2D eigenvalue weighted by molar-refractivity contribution is -0.433. The molecule has 0 fully saturated rings. The monoisotopic (exact) mass is 530 g/mol. The molecule has 3 aromatic rings. The lowest BCUT2D eigenvalue weighted by atomic mass is 10.1. The molecule has 0 heterocycles. The number of methoxy groups -OCH3 is 1. The SMILES string of the molecule is COc1ccc(NC(=S)NN=Cc2ccc(C(=[NH2+])N=C[NH2+]c3ccc(OC(F)(F)F)cc3)cc2)c(C)c1. The van der Waals surface area contributed by atoms with Crippen LogP contribution in [0.1, 0.15) is 16.7 Å². The van der Waals surface area contributed by atoms with Crippen molar-refractivity contribution in [3.05, 3.63) is 83.4 Å². The molecule has 12 heteroatoms. The standard InChI is InChI=1S/C25H23F3N6O2S/c1-16-13-21(35-2)11-12-22(16)33-24(37)34-32-14-17-3-5-18(6-4-17)23(29)31-15-30-19-7-9-20(10-8-19)36-25(26,27)28/h3-15H,1-2H3,(H2,29,30,31)(H2,33,34,37)/p+2. The first-order valence-corrected chi connectivity index (χ1v) is 11.2. The highest BCUT2D eigenvalue weighted by molar-refractivity contribution is 7.80. The zero-order valence-corrected chi connectivity index (χ0v) is 20.7. The molecule has 192 valence electrons. The molecule has 0 aromatic heterocycles. The van der Waals surface area contributed by atoms with Gasteiger partial charge in [-0.05, 0) is 72.7 Å². The highest BCUT2D eigenvalue weighted by Gasteiger charge is 2.31. The maximum absolute atomic E-state index is 12.2. The number of thiocarbonyl (C=S) groups is 1. The number of aliphatic imine (C=N–C) groups is 1. The number of benzene rings is 3. The number of hydrazone groups is 1. The minimum absolute atomic E-state index is 0.273. The number of nitrogens with one attached hydrogen (secondary N) is 2. The molecule has 0 saturated carbocycles. The van der Waals surface area contributed by atoms with Crippen LogP contribution < -0.4 is 30.9 Å². The van der Waals surface area contributed by atoms with Crippen LogP contribution >= 0.6 is 12.2 Å². The van der Waals surface area contributed by atoms with Crippen molar-refractivity contribution in [2.24, 2.45) is 10.1 Å². The number of rotatable bonds is 8. The summed E-state index contributed by atoms with van der Waals surface area (Å²) in [5.41, 5.74) is 6.73. The van der Waals surface area contributed by atoms with Gasteiger partial charge >= 0.3 is 18.5 Å². The van der Waals surface area contributed by atoms with E-state index in [2.05, 4.69) is 25.6 Å². The maximum atomic E-state index is 12.2. The van der Waals surface area contributed by atoms with Gasteiger partial charge in [-0.25, -0.2) is 0 Å². The minimum Gasteiger partial charge on any atom is -0.497 e. The first-order chi connectivity index (χ1) is 17.6. The van der Waals surface area contributed by atoms with Gasteiger partial charge in [-0.3, -0.25) is 16.2 Å². The molecular weight excluding hydrogens is 505 g/mol. The van der Waals surface area contributed by atoms with Crippen molar-refractivity contribution >= 4 is 47.1 Å². The van der Waals surface area contributed by atoms with Gasteiger partial charge in [0.15, 0.2) is 5.11 Å². The third-order valence-corrected chi connectivity index (χ3v) is 5.06. The topological polar surface area (TPSA) is 109 Å². The second-order valence-electron chi connectivity index (χ2n) is 7.57. The fourth-order valence-electron chi connectivity index (χ4n) is 3.02. The van der Waals surface area contributed by atoms with E-state index >= 15 is 0 Å². The number of aryl methyl sites for hydroxylation is 1. The van der Waals surface area contributed by atoms with Gasteiger partial charge in [-0.2, -0.15) is 5.10 Å². The summed E-state index contributed by atoms with van der Waals surface area (Å²) in [5.74, 6) is 0.741. The molecule has 8 nitrogen and oxygen atoms in total. The summed E-state index contributed by atoms with van der Waals surface area (Å²) in [5, 5.41) is 15.2. The first kappa shape index (κ1) is 27.3. The van der Waals surface area contributed by atoms with Gasteiger partial charge in [0.2, 0.25) is 0 Å². The average Bonchev–Trinajstić information content (AvgIpc) is 2.86. The third kappa shape index (κ3) is 9.02. The number of nitrogens with zero attached hydrogens (tertiary/aromatic N) is 2. The first-order valence-electron chi connectivity index (χ1n) is 10.8. The lowest BCUT2D eigenvalue weighted by Crippen LogP contribution is -2.76. The van der Waals surface area contributed by atoms with Gasteiger partial charge in [0.05, 0.1) is 18.9 Å². The van der Waals surface area contributed by atoms with Gasteiger partial charge in [0.1, 0.15) is 17.2 Å². The summed E-state index contributed by atoms with van der Waals surface area (Å²) >= 11 is 5.27. The number of halogens is 3. The molecule has 3 aromatic carbocycles. The molecule has 0 aliphatic heterocycles. The molecule has 0 radical (unpaired) electrons. The van der Waals surface area contributed by atoms with E-state index in [1.807, 2.05) is 37.3 Å². The predicted octanol–water partition coefficient (Wildman–Crippen LogP) is 2.65. The highest BCUT2D eigenvalue weighted by atomic mass is 32.1.